The molecule has 5 nitrogen and oxygen atoms in total. The molecule has 0 unspecified atom stereocenters. The number of hydrogen-bond donors (Lipinski definition) is 0. The molecular formula is C65H65N5. The molecular weight excluding hydrogens is 851 g/mol. The van der Waals surface area contributed by atoms with Crippen LogP contribution in [-0.4, -0.2) is 9.97 Å². The zero-order chi connectivity index (χ0) is 49.9. The third-order valence-corrected chi connectivity index (χ3v) is 17.5. The van der Waals surface area contributed by atoms with Crippen LogP contribution in [0, 0.1) is 122 Å². The summed E-state index contributed by atoms with van der Waals surface area (Å²) in [6, 6.07) is 30.3. The molecule has 350 valence electrons. The first kappa shape index (κ1) is 46.4. The van der Waals surface area contributed by atoms with E-state index < -0.39 is 0 Å². The molecule has 0 N–H and O–H groups in total. The second-order valence-corrected chi connectivity index (χ2v) is 20.5. The van der Waals surface area contributed by atoms with Crippen molar-refractivity contribution in [3.05, 3.63) is 196 Å². The van der Waals surface area contributed by atoms with Crippen molar-refractivity contribution in [1.29, 1.82) is 5.26 Å². The molecule has 0 radical (unpaired) electrons. The van der Waals surface area contributed by atoms with Crippen LogP contribution in [0.3, 0.4) is 0 Å². The molecule has 0 atom stereocenters. The number of hydrogen-bond acceptors (Lipinski definition) is 5. The first-order valence-corrected chi connectivity index (χ1v) is 24.9. The SMILES string of the molecule is Cc1c(C)c(C)c2c(c1C)Cc1c(C)c(C)c(C)c(C)c1N2c1cc(-c2nc(-c3ccccc3)cc(-c3ccccc3)n2)c(N2c3c(C)c(C)c(C)c(C)c3Cc3c(C)c(C)c(C)c(C)c32)cc1C#N. The minimum absolute atomic E-state index is 0.593. The predicted octanol–water partition coefficient (Wildman–Crippen LogP) is 17.0. The van der Waals surface area contributed by atoms with Crippen LogP contribution in [0.2, 0.25) is 0 Å². The molecule has 0 bridgehead atoms. The van der Waals surface area contributed by atoms with Crippen molar-refractivity contribution in [2.75, 3.05) is 9.80 Å². The summed E-state index contributed by atoms with van der Waals surface area (Å²) in [6.45, 7) is 36.4. The van der Waals surface area contributed by atoms with Gasteiger partial charge in [-0.3, -0.25) is 0 Å². The van der Waals surface area contributed by atoms with E-state index in [1.165, 1.54) is 134 Å². The molecule has 7 aromatic carbocycles. The Hall–Kier alpha value is -7.29. The van der Waals surface area contributed by atoms with Gasteiger partial charge < -0.3 is 9.80 Å². The van der Waals surface area contributed by atoms with Crippen molar-refractivity contribution in [1.82, 2.24) is 9.97 Å². The number of nitriles is 1. The summed E-state index contributed by atoms with van der Waals surface area (Å²) in [5.74, 6) is 0.601. The number of fused-ring (bicyclic) bond motifs is 4. The summed E-state index contributed by atoms with van der Waals surface area (Å²) in [6.07, 6.45) is 1.66. The number of anilines is 6. The Morgan fingerprint density at radius 1 is 0.371 bits per heavy atom. The third kappa shape index (κ3) is 6.78. The Balaban J connectivity index is 1.42. The summed E-state index contributed by atoms with van der Waals surface area (Å²) in [4.78, 5) is 16.2. The fourth-order valence-electron chi connectivity index (χ4n) is 11.9. The van der Waals surface area contributed by atoms with Crippen LogP contribution in [-0.2, 0) is 12.8 Å². The van der Waals surface area contributed by atoms with E-state index in [4.69, 9.17) is 9.97 Å². The molecule has 10 rings (SSSR count). The number of nitrogens with zero attached hydrogens (tertiary/aromatic N) is 5. The van der Waals surface area contributed by atoms with Crippen molar-refractivity contribution in [2.45, 2.75) is 124 Å². The average Bonchev–Trinajstić information content (AvgIpc) is 3.39. The van der Waals surface area contributed by atoms with Gasteiger partial charge in [-0.2, -0.15) is 5.26 Å². The van der Waals surface area contributed by atoms with Crippen molar-refractivity contribution < 1.29 is 0 Å². The van der Waals surface area contributed by atoms with E-state index in [1.54, 1.807) is 0 Å². The van der Waals surface area contributed by atoms with Crippen LogP contribution >= 0.6 is 0 Å². The van der Waals surface area contributed by atoms with Crippen LogP contribution < -0.4 is 9.80 Å². The lowest BCUT2D eigenvalue weighted by atomic mass is 9.80. The Morgan fingerprint density at radius 3 is 1.01 bits per heavy atom. The zero-order valence-corrected chi connectivity index (χ0v) is 44.2. The van der Waals surface area contributed by atoms with Crippen LogP contribution in [0.25, 0.3) is 33.9 Å². The summed E-state index contributed by atoms with van der Waals surface area (Å²) >= 11 is 0. The molecule has 2 aliphatic rings. The molecule has 0 spiro atoms. The third-order valence-electron chi connectivity index (χ3n) is 17.5. The molecule has 2 aliphatic heterocycles. The van der Waals surface area contributed by atoms with Gasteiger partial charge in [-0.1, -0.05) is 60.7 Å². The fourth-order valence-corrected chi connectivity index (χ4v) is 11.9. The molecule has 70 heavy (non-hydrogen) atoms. The molecule has 0 saturated heterocycles. The quantitative estimate of drug-likeness (QED) is 0.172. The molecule has 1 aromatic heterocycles. The van der Waals surface area contributed by atoms with Gasteiger partial charge in [0.25, 0.3) is 0 Å². The smallest absolute Gasteiger partial charge is 0.162 e. The van der Waals surface area contributed by atoms with Crippen LogP contribution in [0.5, 0.6) is 0 Å². The molecule has 5 heteroatoms. The van der Waals surface area contributed by atoms with Gasteiger partial charge in [-0.25, -0.2) is 9.97 Å². The number of rotatable bonds is 5. The second-order valence-electron chi connectivity index (χ2n) is 20.5. The topological polar surface area (TPSA) is 56.1 Å². The largest absolute Gasteiger partial charge is 0.309 e. The lowest BCUT2D eigenvalue weighted by molar-refractivity contribution is 0.990. The monoisotopic (exact) mass is 916 g/mol. The van der Waals surface area contributed by atoms with Gasteiger partial charge in [0.2, 0.25) is 0 Å². The van der Waals surface area contributed by atoms with E-state index in [0.717, 1.165) is 52.3 Å². The normalized spacial score (nSPS) is 12.7. The van der Waals surface area contributed by atoms with E-state index in [9.17, 15) is 5.26 Å². The van der Waals surface area contributed by atoms with Crippen molar-refractivity contribution in [3.63, 3.8) is 0 Å². The fraction of sp³-hybridized carbons (Fsp3) is 0.277. The van der Waals surface area contributed by atoms with Gasteiger partial charge in [0.15, 0.2) is 5.82 Å². The predicted molar refractivity (Wildman–Crippen MR) is 294 cm³/mol. The maximum Gasteiger partial charge on any atom is 0.162 e. The molecule has 0 saturated carbocycles. The van der Waals surface area contributed by atoms with Gasteiger partial charge in [0, 0.05) is 29.5 Å². The highest BCUT2D eigenvalue weighted by Crippen LogP contribution is 2.57. The first-order valence-electron chi connectivity index (χ1n) is 24.9. The van der Waals surface area contributed by atoms with Crippen LogP contribution in [0.1, 0.15) is 117 Å². The average molecular weight is 916 g/mol. The highest BCUT2D eigenvalue weighted by molar-refractivity contribution is 5.99. The van der Waals surface area contributed by atoms with Gasteiger partial charge in [0.1, 0.15) is 6.07 Å². The maximum atomic E-state index is 11.9. The Kier molecular flexibility index (Phi) is 11.3. The van der Waals surface area contributed by atoms with Crippen molar-refractivity contribution in [3.8, 4) is 40.0 Å². The Labute approximate surface area is 416 Å². The molecule has 0 fully saturated rings. The van der Waals surface area contributed by atoms with Crippen LogP contribution in [0.15, 0.2) is 78.9 Å². The van der Waals surface area contributed by atoms with Gasteiger partial charge in [0.05, 0.1) is 51.1 Å². The Bertz CT molecular complexity index is 3410. The molecule has 0 amide bonds. The summed E-state index contributed by atoms with van der Waals surface area (Å²) in [5.41, 5.74) is 37.4. The molecule has 8 aromatic rings. The number of aromatic nitrogens is 2. The summed E-state index contributed by atoms with van der Waals surface area (Å²) in [5, 5.41) is 11.9. The van der Waals surface area contributed by atoms with Gasteiger partial charge in [-0.15, -0.1) is 0 Å². The molecule has 3 heterocycles. The van der Waals surface area contributed by atoms with E-state index in [2.05, 4.69) is 206 Å². The van der Waals surface area contributed by atoms with Crippen LogP contribution in [0.4, 0.5) is 34.1 Å². The minimum atomic E-state index is 0.593. The highest BCUT2D eigenvalue weighted by Gasteiger charge is 2.38. The van der Waals surface area contributed by atoms with E-state index in [0.29, 0.717) is 11.4 Å². The van der Waals surface area contributed by atoms with Crippen molar-refractivity contribution in [2.24, 2.45) is 0 Å². The summed E-state index contributed by atoms with van der Waals surface area (Å²) in [7, 11) is 0. The first-order chi connectivity index (χ1) is 33.4. The van der Waals surface area contributed by atoms with Gasteiger partial charge in [-0.05, 0) is 240 Å². The van der Waals surface area contributed by atoms with E-state index in [1.807, 2.05) is 0 Å². The van der Waals surface area contributed by atoms with E-state index >= 15 is 0 Å². The lowest BCUT2D eigenvalue weighted by Gasteiger charge is -2.42. The van der Waals surface area contributed by atoms with Crippen molar-refractivity contribution >= 4 is 34.1 Å². The minimum Gasteiger partial charge on any atom is -0.309 e. The van der Waals surface area contributed by atoms with Gasteiger partial charge >= 0.3 is 0 Å². The number of benzene rings is 7. The van der Waals surface area contributed by atoms with E-state index in [-0.39, 0.29) is 0 Å². The Morgan fingerprint density at radius 2 is 0.686 bits per heavy atom. The molecule has 0 aliphatic carbocycles. The maximum absolute atomic E-state index is 11.9. The highest BCUT2D eigenvalue weighted by atomic mass is 15.2. The zero-order valence-electron chi connectivity index (χ0n) is 44.2. The summed E-state index contributed by atoms with van der Waals surface area (Å²) < 4.78 is 0. The lowest BCUT2D eigenvalue weighted by Crippen LogP contribution is -2.27. The standard InChI is InChI=1S/C65H65N5/c1-33-37(5)45(13)61-52(41(33)9)28-53-42(10)34(2)38(6)46(14)62(53)69(61)59-30-56(65-67-57(49-23-19-17-20-24-49)31-58(68-65)50-25-21-18-22-26-50)60(27-51(59)32-66)70-63-47(15)39(7)35(3)43(11)54(63)29-55-44(12)36(4)40(8)48(16)64(55)70/h17-27,30-31H,28-29H2,1-16H3. The second kappa shape index (κ2) is 17.0.